The molecular formula is C21H23F2N3O4S2. The molecule has 0 saturated carbocycles. The number of nitrogens with one attached hydrogen (secondary N) is 1. The van der Waals surface area contributed by atoms with Gasteiger partial charge in [-0.15, -0.1) is 0 Å². The van der Waals surface area contributed by atoms with Crippen LogP contribution in [0.3, 0.4) is 0 Å². The average molecular weight is 484 g/mol. The number of carbonyl (C=O) groups is 1. The molecule has 172 valence electrons. The van der Waals surface area contributed by atoms with Crippen LogP contribution in [-0.4, -0.2) is 42.0 Å². The first-order valence-corrected chi connectivity index (χ1v) is 12.6. The summed E-state index contributed by atoms with van der Waals surface area (Å²) in [4.78, 5) is 17.1. The number of ether oxygens (including phenoxy) is 1. The molecular weight excluding hydrogens is 460 g/mol. The number of carbonyl (C=O) groups excluding carboxylic acids is 1. The zero-order valence-electron chi connectivity index (χ0n) is 17.4. The van der Waals surface area contributed by atoms with Gasteiger partial charge >= 0.3 is 12.5 Å². The normalized spacial score (nSPS) is 13.9. The molecule has 1 aromatic heterocycles. The maximum atomic E-state index is 13.7. The van der Waals surface area contributed by atoms with Crippen LogP contribution in [0.1, 0.15) is 31.8 Å². The molecule has 0 aliphatic carbocycles. The molecule has 11 heteroatoms. The molecule has 1 N–H and O–H groups in total. The SMILES string of the molecule is CSCCC(NS(=O)(=O)c1ccccc1)C(=O)OC(C)c1nc2ccccc2n1C(F)F. The lowest BCUT2D eigenvalue weighted by Crippen LogP contribution is -2.42. The van der Waals surface area contributed by atoms with Gasteiger partial charge in [-0.05, 0) is 49.6 Å². The fourth-order valence-corrected chi connectivity index (χ4v) is 4.89. The maximum Gasteiger partial charge on any atom is 0.324 e. The van der Waals surface area contributed by atoms with Crippen molar-refractivity contribution in [3.8, 4) is 0 Å². The van der Waals surface area contributed by atoms with Crippen LogP contribution in [0, 0.1) is 0 Å². The van der Waals surface area contributed by atoms with Gasteiger partial charge in [0.2, 0.25) is 10.0 Å². The van der Waals surface area contributed by atoms with Crippen molar-refractivity contribution < 1.29 is 26.7 Å². The standard InChI is InChI=1S/C21H23F2N3O4S2/c1-14(19-24-16-10-6-7-11-18(16)26(19)21(22)23)30-20(27)17(12-13-31-2)25-32(28,29)15-8-4-3-5-9-15/h3-11,14,17,21,25H,12-13H2,1-2H3. The molecule has 0 spiro atoms. The molecule has 0 amide bonds. The van der Waals surface area contributed by atoms with Crippen molar-refractivity contribution in [1.82, 2.24) is 14.3 Å². The molecule has 32 heavy (non-hydrogen) atoms. The van der Waals surface area contributed by atoms with E-state index in [0.29, 0.717) is 15.8 Å². The van der Waals surface area contributed by atoms with E-state index in [9.17, 15) is 22.0 Å². The minimum atomic E-state index is -3.98. The van der Waals surface area contributed by atoms with E-state index in [1.807, 2.05) is 6.26 Å². The van der Waals surface area contributed by atoms with E-state index in [4.69, 9.17) is 4.74 Å². The monoisotopic (exact) mass is 483 g/mol. The number of alkyl halides is 2. The van der Waals surface area contributed by atoms with Crippen LogP contribution >= 0.6 is 11.8 Å². The third-order valence-corrected chi connectivity index (χ3v) is 6.85. The number of fused-ring (bicyclic) bond motifs is 1. The average Bonchev–Trinajstić information content (AvgIpc) is 3.17. The Morgan fingerprint density at radius 2 is 1.81 bits per heavy atom. The van der Waals surface area contributed by atoms with Gasteiger partial charge in [-0.1, -0.05) is 30.3 Å². The molecule has 2 atom stereocenters. The number of hydrogen-bond acceptors (Lipinski definition) is 6. The zero-order chi connectivity index (χ0) is 23.3. The molecule has 3 aromatic rings. The molecule has 2 unspecified atom stereocenters. The lowest BCUT2D eigenvalue weighted by Gasteiger charge is -2.21. The van der Waals surface area contributed by atoms with Crippen molar-refractivity contribution in [2.24, 2.45) is 0 Å². The van der Waals surface area contributed by atoms with Crippen LogP contribution < -0.4 is 4.72 Å². The number of halogens is 2. The Kier molecular flexibility index (Phi) is 7.86. The van der Waals surface area contributed by atoms with Crippen LogP contribution in [0.4, 0.5) is 8.78 Å². The van der Waals surface area contributed by atoms with Gasteiger partial charge in [0.25, 0.3) is 0 Å². The summed E-state index contributed by atoms with van der Waals surface area (Å²) in [5.74, 6) is -0.496. The molecule has 0 aliphatic rings. The summed E-state index contributed by atoms with van der Waals surface area (Å²) in [7, 11) is -3.98. The third kappa shape index (κ3) is 5.45. The van der Waals surface area contributed by atoms with Crippen molar-refractivity contribution in [1.29, 1.82) is 0 Å². The van der Waals surface area contributed by atoms with Crippen LogP contribution in [0.2, 0.25) is 0 Å². The highest BCUT2D eigenvalue weighted by atomic mass is 32.2. The van der Waals surface area contributed by atoms with Crippen LogP contribution in [-0.2, 0) is 19.6 Å². The van der Waals surface area contributed by atoms with Crippen molar-refractivity contribution in [2.75, 3.05) is 12.0 Å². The van der Waals surface area contributed by atoms with Gasteiger partial charge < -0.3 is 4.74 Å². The fraction of sp³-hybridized carbons (Fsp3) is 0.333. The molecule has 3 rings (SSSR count). The predicted octanol–water partition coefficient (Wildman–Crippen LogP) is 4.14. The zero-order valence-corrected chi connectivity index (χ0v) is 19.1. The number of hydrogen-bond donors (Lipinski definition) is 1. The first-order valence-electron chi connectivity index (χ1n) is 9.76. The van der Waals surface area contributed by atoms with Gasteiger partial charge in [0.15, 0.2) is 11.9 Å². The summed E-state index contributed by atoms with van der Waals surface area (Å²) in [5.41, 5.74) is 0.554. The van der Waals surface area contributed by atoms with Gasteiger partial charge in [-0.3, -0.25) is 9.36 Å². The summed E-state index contributed by atoms with van der Waals surface area (Å²) in [6.45, 7) is -1.46. The summed E-state index contributed by atoms with van der Waals surface area (Å²) < 4.78 is 61.3. The largest absolute Gasteiger partial charge is 0.453 e. The number of rotatable bonds is 10. The van der Waals surface area contributed by atoms with E-state index >= 15 is 0 Å². The highest BCUT2D eigenvalue weighted by Crippen LogP contribution is 2.28. The Morgan fingerprint density at radius 3 is 2.47 bits per heavy atom. The van der Waals surface area contributed by atoms with Gasteiger partial charge in [0, 0.05) is 0 Å². The lowest BCUT2D eigenvalue weighted by molar-refractivity contribution is -0.151. The maximum absolute atomic E-state index is 13.7. The van der Waals surface area contributed by atoms with E-state index < -0.39 is 34.7 Å². The lowest BCUT2D eigenvalue weighted by atomic mass is 10.2. The number of thioether (sulfide) groups is 1. The van der Waals surface area contributed by atoms with Crippen LogP contribution in [0.25, 0.3) is 11.0 Å². The van der Waals surface area contributed by atoms with Gasteiger partial charge in [-0.2, -0.15) is 25.3 Å². The van der Waals surface area contributed by atoms with Crippen molar-refractivity contribution >= 4 is 38.8 Å². The second kappa shape index (κ2) is 10.4. The molecule has 0 aliphatic heterocycles. The Morgan fingerprint density at radius 1 is 1.16 bits per heavy atom. The highest BCUT2D eigenvalue weighted by molar-refractivity contribution is 7.98. The fourth-order valence-electron chi connectivity index (χ4n) is 3.18. The van der Waals surface area contributed by atoms with E-state index in [0.717, 1.165) is 0 Å². The smallest absolute Gasteiger partial charge is 0.324 e. The quantitative estimate of drug-likeness (QED) is 0.436. The molecule has 0 saturated heterocycles. The molecule has 0 fully saturated rings. The number of nitrogens with zero attached hydrogens (tertiary/aromatic N) is 2. The van der Waals surface area contributed by atoms with E-state index in [2.05, 4.69) is 9.71 Å². The highest BCUT2D eigenvalue weighted by Gasteiger charge is 2.30. The minimum Gasteiger partial charge on any atom is -0.453 e. The molecule has 7 nitrogen and oxygen atoms in total. The van der Waals surface area contributed by atoms with Crippen molar-refractivity contribution in [2.45, 2.75) is 36.9 Å². The van der Waals surface area contributed by atoms with Gasteiger partial charge in [0.05, 0.1) is 15.9 Å². The van der Waals surface area contributed by atoms with Crippen molar-refractivity contribution in [3.63, 3.8) is 0 Å². The van der Waals surface area contributed by atoms with E-state index in [-0.39, 0.29) is 22.7 Å². The molecule has 0 radical (unpaired) electrons. The number of sulfonamides is 1. The number of esters is 1. The topological polar surface area (TPSA) is 90.3 Å². The minimum absolute atomic E-state index is 0.00879. The number of benzene rings is 2. The van der Waals surface area contributed by atoms with E-state index in [1.165, 1.54) is 36.9 Å². The Bertz CT molecular complexity index is 1170. The first kappa shape index (κ1) is 24.1. The third-order valence-electron chi connectivity index (χ3n) is 4.72. The molecule has 0 bridgehead atoms. The first-order chi connectivity index (χ1) is 15.2. The summed E-state index contributed by atoms with van der Waals surface area (Å²) >= 11 is 1.44. The number of imidazole rings is 1. The molecule has 1 heterocycles. The van der Waals surface area contributed by atoms with Crippen molar-refractivity contribution in [3.05, 3.63) is 60.4 Å². The molecule has 2 aromatic carbocycles. The van der Waals surface area contributed by atoms with Gasteiger partial charge in [0.1, 0.15) is 6.04 Å². The second-order valence-electron chi connectivity index (χ2n) is 6.95. The second-order valence-corrected chi connectivity index (χ2v) is 9.65. The van der Waals surface area contributed by atoms with E-state index in [1.54, 1.807) is 36.4 Å². The Balaban J connectivity index is 1.83. The van der Waals surface area contributed by atoms with Crippen LogP contribution in [0.15, 0.2) is 59.5 Å². The summed E-state index contributed by atoms with van der Waals surface area (Å²) in [6, 6.07) is 12.8. The Hall–Kier alpha value is -2.50. The summed E-state index contributed by atoms with van der Waals surface area (Å²) in [5, 5.41) is 0. The predicted molar refractivity (Wildman–Crippen MR) is 119 cm³/mol. The van der Waals surface area contributed by atoms with Crippen LogP contribution in [0.5, 0.6) is 0 Å². The Labute approximate surface area is 189 Å². The summed E-state index contributed by atoms with van der Waals surface area (Å²) in [6.07, 6.45) is 0.869. The number of para-hydroxylation sites is 2. The number of aromatic nitrogens is 2. The van der Waals surface area contributed by atoms with Gasteiger partial charge in [-0.25, -0.2) is 13.4 Å².